The van der Waals surface area contributed by atoms with Crippen molar-refractivity contribution in [3.63, 3.8) is 0 Å². The van der Waals surface area contributed by atoms with Gasteiger partial charge >= 0.3 is 0 Å². The summed E-state index contributed by atoms with van der Waals surface area (Å²) in [7, 11) is 1.91. The first-order valence-corrected chi connectivity index (χ1v) is 11.8. The lowest BCUT2D eigenvalue weighted by Gasteiger charge is -2.35. The van der Waals surface area contributed by atoms with E-state index in [1.807, 2.05) is 36.4 Å². The van der Waals surface area contributed by atoms with Crippen LogP contribution in [0.25, 0.3) is 0 Å². The standard InChI is InChI=1S/C25H42N6O/c1-6-7-8-9-10-11-15-28-24-16-23(29-17-21-13-12-14-27-18-22(21)32)30-25(31(24)26-5)20(4)19(2)3/h6-10,16,19,21-22,26-27,29-30,32H,1,11-15,17-18H2,2-5H3/b8-7-,10-9-,25-20+,28-24?/t21-,22?/m1/s1. The van der Waals surface area contributed by atoms with Crippen molar-refractivity contribution in [1.82, 2.24) is 26.4 Å². The molecule has 1 unspecified atom stereocenters. The van der Waals surface area contributed by atoms with Crippen molar-refractivity contribution < 1.29 is 5.11 Å². The van der Waals surface area contributed by atoms with Gasteiger partial charge in [-0.25, -0.2) is 10.4 Å². The van der Waals surface area contributed by atoms with Gasteiger partial charge in [0, 0.05) is 38.7 Å². The van der Waals surface area contributed by atoms with Crippen molar-refractivity contribution in [2.75, 3.05) is 33.2 Å². The summed E-state index contributed by atoms with van der Waals surface area (Å²) in [5.74, 6) is 3.39. The molecular weight excluding hydrogens is 400 g/mol. The Labute approximate surface area is 194 Å². The van der Waals surface area contributed by atoms with E-state index >= 15 is 0 Å². The van der Waals surface area contributed by atoms with E-state index in [-0.39, 0.29) is 12.0 Å². The average molecular weight is 443 g/mol. The molecule has 2 atom stereocenters. The fourth-order valence-corrected chi connectivity index (χ4v) is 3.66. The number of allylic oxidation sites excluding steroid dienone is 5. The number of aliphatic imine (C=N–C) groups is 1. The number of nitrogens with one attached hydrogen (secondary N) is 4. The van der Waals surface area contributed by atoms with Crippen LogP contribution in [0.15, 0.2) is 65.2 Å². The smallest absolute Gasteiger partial charge is 0.147 e. The molecular formula is C25H42N6O. The number of rotatable bonds is 10. The van der Waals surface area contributed by atoms with E-state index in [4.69, 9.17) is 4.99 Å². The number of hydrazine groups is 1. The monoisotopic (exact) mass is 442 g/mol. The fraction of sp³-hybridized carbons (Fsp3) is 0.560. The lowest BCUT2D eigenvalue weighted by molar-refractivity contribution is 0.111. The van der Waals surface area contributed by atoms with Gasteiger partial charge < -0.3 is 21.1 Å². The summed E-state index contributed by atoms with van der Waals surface area (Å²) < 4.78 is 0. The van der Waals surface area contributed by atoms with Crippen molar-refractivity contribution in [3.05, 3.63) is 60.3 Å². The highest BCUT2D eigenvalue weighted by atomic mass is 16.3. The second kappa shape index (κ2) is 13.9. The molecule has 5 N–H and O–H groups in total. The van der Waals surface area contributed by atoms with Crippen molar-refractivity contribution >= 4 is 5.84 Å². The van der Waals surface area contributed by atoms with Gasteiger partial charge in [0.15, 0.2) is 0 Å². The average Bonchev–Trinajstić information content (AvgIpc) is 2.99. The van der Waals surface area contributed by atoms with E-state index in [0.717, 1.165) is 49.8 Å². The number of β-amino-alcohol motifs (C(OH)–C–C–N with tert-alkyl or cyclic N) is 1. The van der Waals surface area contributed by atoms with Crippen molar-refractivity contribution in [2.24, 2.45) is 16.8 Å². The Morgan fingerprint density at radius 2 is 2.19 bits per heavy atom. The zero-order chi connectivity index (χ0) is 23.3. The van der Waals surface area contributed by atoms with E-state index in [0.29, 0.717) is 19.0 Å². The van der Waals surface area contributed by atoms with Gasteiger partial charge in [-0.05, 0) is 44.2 Å². The number of aliphatic hydroxyl groups excluding tert-OH is 1. The molecule has 0 bridgehead atoms. The summed E-state index contributed by atoms with van der Waals surface area (Å²) in [5, 5.41) is 22.8. The van der Waals surface area contributed by atoms with E-state index in [2.05, 4.69) is 54.8 Å². The Morgan fingerprint density at radius 1 is 1.38 bits per heavy atom. The van der Waals surface area contributed by atoms with Crippen LogP contribution in [0.1, 0.15) is 40.0 Å². The summed E-state index contributed by atoms with van der Waals surface area (Å²) in [4.78, 5) is 4.85. The van der Waals surface area contributed by atoms with Gasteiger partial charge in [-0.3, -0.25) is 4.99 Å². The highest BCUT2D eigenvalue weighted by molar-refractivity contribution is 5.95. The van der Waals surface area contributed by atoms with Crippen LogP contribution in [0.3, 0.4) is 0 Å². The third-order valence-corrected chi connectivity index (χ3v) is 5.89. The molecule has 0 aliphatic carbocycles. The number of hydrogen-bond donors (Lipinski definition) is 5. The molecule has 178 valence electrons. The van der Waals surface area contributed by atoms with Crippen LogP contribution >= 0.6 is 0 Å². The molecule has 0 aromatic rings. The van der Waals surface area contributed by atoms with Gasteiger partial charge in [0.05, 0.1) is 6.10 Å². The molecule has 0 aromatic carbocycles. The molecule has 7 nitrogen and oxygen atoms in total. The minimum absolute atomic E-state index is 0.225. The molecule has 1 fully saturated rings. The zero-order valence-corrected chi connectivity index (χ0v) is 20.2. The summed E-state index contributed by atoms with van der Waals surface area (Å²) in [6.45, 7) is 13.2. The molecule has 0 amide bonds. The van der Waals surface area contributed by atoms with Gasteiger partial charge in [-0.2, -0.15) is 0 Å². The van der Waals surface area contributed by atoms with E-state index < -0.39 is 0 Å². The second-order valence-corrected chi connectivity index (χ2v) is 8.56. The zero-order valence-electron chi connectivity index (χ0n) is 20.2. The van der Waals surface area contributed by atoms with Crippen molar-refractivity contribution in [1.29, 1.82) is 0 Å². The summed E-state index contributed by atoms with van der Waals surface area (Å²) in [6.07, 6.45) is 14.4. The highest BCUT2D eigenvalue weighted by Crippen LogP contribution is 2.20. The molecule has 2 aliphatic heterocycles. The molecule has 2 heterocycles. The Balaban J connectivity index is 2.18. The quantitative estimate of drug-likeness (QED) is 0.264. The minimum atomic E-state index is -0.328. The third kappa shape index (κ3) is 7.97. The number of aliphatic hydroxyl groups is 1. The van der Waals surface area contributed by atoms with Crippen LogP contribution in [-0.2, 0) is 0 Å². The molecule has 0 aromatic heterocycles. The molecule has 0 radical (unpaired) electrons. The van der Waals surface area contributed by atoms with Crippen LogP contribution < -0.4 is 21.4 Å². The Hall–Kier alpha value is -2.35. The lowest BCUT2D eigenvalue weighted by atomic mass is 9.98. The van der Waals surface area contributed by atoms with Gasteiger partial charge in [0.1, 0.15) is 17.5 Å². The number of hydrogen-bond acceptors (Lipinski definition) is 6. The Kier molecular flexibility index (Phi) is 11.3. The minimum Gasteiger partial charge on any atom is -0.391 e. The predicted molar refractivity (Wildman–Crippen MR) is 135 cm³/mol. The molecule has 2 rings (SSSR count). The van der Waals surface area contributed by atoms with Gasteiger partial charge in [-0.15, -0.1) is 0 Å². The van der Waals surface area contributed by atoms with Crippen LogP contribution in [0, 0.1) is 11.8 Å². The molecule has 0 spiro atoms. The maximum atomic E-state index is 10.4. The first kappa shape index (κ1) is 25.9. The number of amidine groups is 1. The predicted octanol–water partition coefficient (Wildman–Crippen LogP) is 2.79. The summed E-state index contributed by atoms with van der Waals surface area (Å²) >= 11 is 0. The van der Waals surface area contributed by atoms with Crippen molar-refractivity contribution in [2.45, 2.75) is 46.1 Å². The van der Waals surface area contributed by atoms with Crippen molar-refractivity contribution in [3.8, 4) is 0 Å². The Morgan fingerprint density at radius 3 is 2.91 bits per heavy atom. The van der Waals surface area contributed by atoms with E-state index in [1.165, 1.54) is 5.57 Å². The maximum Gasteiger partial charge on any atom is 0.147 e. The first-order valence-electron chi connectivity index (χ1n) is 11.8. The van der Waals surface area contributed by atoms with E-state index in [9.17, 15) is 5.11 Å². The first-order chi connectivity index (χ1) is 15.5. The molecule has 32 heavy (non-hydrogen) atoms. The van der Waals surface area contributed by atoms with Crippen LogP contribution in [-0.4, -0.2) is 55.3 Å². The fourth-order valence-electron chi connectivity index (χ4n) is 3.66. The Bertz CT molecular complexity index is 750. The van der Waals surface area contributed by atoms with Crippen LogP contribution in [0.4, 0.5) is 0 Å². The number of nitrogens with zero attached hydrogens (tertiary/aromatic N) is 2. The van der Waals surface area contributed by atoms with Crippen LogP contribution in [0.5, 0.6) is 0 Å². The normalized spacial score (nSPS) is 25.2. The second-order valence-electron chi connectivity index (χ2n) is 8.56. The largest absolute Gasteiger partial charge is 0.391 e. The SMILES string of the molecule is C=C/C=C\C=C/CCN=C1C=C(NC[C@H]2CCCNCC2O)N/C(=C(/C)C(C)C)N1NC. The summed E-state index contributed by atoms with van der Waals surface area (Å²) in [5.41, 5.74) is 4.51. The maximum absolute atomic E-state index is 10.4. The van der Waals surface area contributed by atoms with Gasteiger partial charge in [0.2, 0.25) is 0 Å². The van der Waals surface area contributed by atoms with Gasteiger partial charge in [-0.1, -0.05) is 50.8 Å². The molecule has 2 aliphatic rings. The molecule has 0 saturated carbocycles. The highest BCUT2D eigenvalue weighted by Gasteiger charge is 2.25. The third-order valence-electron chi connectivity index (χ3n) is 5.89. The van der Waals surface area contributed by atoms with Gasteiger partial charge in [0.25, 0.3) is 0 Å². The van der Waals surface area contributed by atoms with Crippen LogP contribution in [0.2, 0.25) is 0 Å². The van der Waals surface area contributed by atoms with E-state index in [1.54, 1.807) is 6.08 Å². The topological polar surface area (TPSA) is 84.0 Å². The summed E-state index contributed by atoms with van der Waals surface area (Å²) in [6, 6.07) is 0. The lowest BCUT2D eigenvalue weighted by Crippen LogP contribution is -2.50. The molecule has 7 heteroatoms. The molecule has 1 saturated heterocycles.